The lowest BCUT2D eigenvalue weighted by Gasteiger charge is -2.08. The predicted octanol–water partition coefficient (Wildman–Crippen LogP) is 2.26. The molecule has 2 aromatic rings. The first kappa shape index (κ1) is 17.9. The second-order valence-electron chi connectivity index (χ2n) is 5.36. The van der Waals surface area contributed by atoms with Crippen molar-refractivity contribution in [3.8, 4) is 23.0 Å². The van der Waals surface area contributed by atoms with Crippen molar-refractivity contribution in [2.45, 2.75) is 19.3 Å². The van der Waals surface area contributed by atoms with Crippen LogP contribution in [0.25, 0.3) is 0 Å². The van der Waals surface area contributed by atoms with E-state index in [9.17, 15) is 30.0 Å². The fraction of sp³-hybridized carbons (Fsp3) is 0.176. The summed E-state index contributed by atoms with van der Waals surface area (Å²) in [6.07, 6.45) is 0.484. The van der Waals surface area contributed by atoms with Gasteiger partial charge < -0.3 is 31.1 Å². The van der Waals surface area contributed by atoms with Crippen LogP contribution >= 0.6 is 0 Å². The predicted molar refractivity (Wildman–Crippen MR) is 90.7 cm³/mol. The van der Waals surface area contributed by atoms with E-state index in [-0.39, 0.29) is 47.7 Å². The van der Waals surface area contributed by atoms with Crippen molar-refractivity contribution in [1.82, 2.24) is 0 Å². The zero-order chi connectivity index (χ0) is 18.4. The molecule has 0 spiro atoms. The van der Waals surface area contributed by atoms with Crippen molar-refractivity contribution in [1.29, 1.82) is 0 Å². The Morgan fingerprint density at radius 1 is 0.680 bits per heavy atom. The maximum Gasteiger partial charge on any atom is 0.224 e. The van der Waals surface area contributed by atoms with E-state index in [0.29, 0.717) is 17.8 Å². The second-order valence-corrected chi connectivity index (χ2v) is 5.36. The lowest BCUT2D eigenvalue weighted by atomic mass is 10.2. The van der Waals surface area contributed by atoms with Gasteiger partial charge in [0.2, 0.25) is 11.8 Å². The number of phenols is 4. The molecule has 2 amide bonds. The van der Waals surface area contributed by atoms with Crippen LogP contribution in [0.5, 0.6) is 23.0 Å². The van der Waals surface area contributed by atoms with Crippen LogP contribution in [0.3, 0.4) is 0 Å². The van der Waals surface area contributed by atoms with E-state index in [1.54, 1.807) is 0 Å². The summed E-state index contributed by atoms with van der Waals surface area (Å²) >= 11 is 0. The van der Waals surface area contributed by atoms with Crippen LogP contribution in [0.4, 0.5) is 11.4 Å². The minimum atomic E-state index is -0.339. The van der Waals surface area contributed by atoms with Gasteiger partial charge in [-0.05, 0) is 30.7 Å². The summed E-state index contributed by atoms with van der Waals surface area (Å²) in [5.74, 6) is -1.91. The lowest BCUT2D eigenvalue weighted by molar-refractivity contribution is -0.117. The first-order valence-corrected chi connectivity index (χ1v) is 7.49. The summed E-state index contributed by atoms with van der Waals surface area (Å²) in [4.78, 5) is 23.6. The number of hydrogen-bond acceptors (Lipinski definition) is 6. The number of amides is 2. The molecule has 0 radical (unpaired) electrons. The molecule has 0 aliphatic carbocycles. The molecule has 0 aromatic heterocycles. The van der Waals surface area contributed by atoms with Crippen LogP contribution in [0.2, 0.25) is 0 Å². The topological polar surface area (TPSA) is 139 Å². The van der Waals surface area contributed by atoms with Gasteiger partial charge in [0.15, 0.2) is 23.0 Å². The largest absolute Gasteiger partial charge is 0.504 e. The smallest absolute Gasteiger partial charge is 0.224 e. The van der Waals surface area contributed by atoms with Crippen LogP contribution in [-0.2, 0) is 9.59 Å². The molecule has 8 nitrogen and oxygen atoms in total. The van der Waals surface area contributed by atoms with Crippen molar-refractivity contribution in [2.24, 2.45) is 0 Å². The maximum absolute atomic E-state index is 11.8. The lowest BCUT2D eigenvalue weighted by Crippen LogP contribution is -2.14. The average Bonchev–Trinajstić information content (AvgIpc) is 2.54. The minimum Gasteiger partial charge on any atom is -0.504 e. The third-order valence-electron chi connectivity index (χ3n) is 3.33. The number of carbonyl (C=O) groups is 2. The second kappa shape index (κ2) is 7.91. The molecule has 0 bridgehead atoms. The number of carbonyl (C=O) groups excluding carboxylic acids is 2. The fourth-order valence-electron chi connectivity index (χ4n) is 2.06. The standard InChI is InChI=1S/C17H18N2O6/c20-12-6-4-10(8-14(12)22)18-16(24)2-1-3-17(25)19-11-5-7-13(21)15(23)9-11/h4-9,20-23H,1-3H2,(H,18,24)(H,19,25). The number of benzene rings is 2. The Morgan fingerprint density at radius 3 is 1.44 bits per heavy atom. The van der Waals surface area contributed by atoms with Crippen molar-refractivity contribution in [3.63, 3.8) is 0 Å². The van der Waals surface area contributed by atoms with Gasteiger partial charge in [0.25, 0.3) is 0 Å². The van der Waals surface area contributed by atoms with E-state index in [4.69, 9.17) is 0 Å². The fourth-order valence-corrected chi connectivity index (χ4v) is 2.06. The highest BCUT2D eigenvalue weighted by atomic mass is 16.3. The number of anilines is 2. The van der Waals surface area contributed by atoms with Crippen LogP contribution in [0, 0.1) is 0 Å². The van der Waals surface area contributed by atoms with Gasteiger partial charge in [-0.25, -0.2) is 0 Å². The number of nitrogens with one attached hydrogen (secondary N) is 2. The van der Waals surface area contributed by atoms with Crippen LogP contribution in [0.1, 0.15) is 19.3 Å². The highest BCUT2D eigenvalue weighted by molar-refractivity contribution is 5.93. The monoisotopic (exact) mass is 346 g/mol. The Morgan fingerprint density at radius 2 is 1.08 bits per heavy atom. The highest BCUT2D eigenvalue weighted by Crippen LogP contribution is 2.28. The maximum atomic E-state index is 11.8. The molecule has 8 heteroatoms. The highest BCUT2D eigenvalue weighted by Gasteiger charge is 2.09. The SMILES string of the molecule is O=C(CCCC(=O)Nc1ccc(O)c(O)c1)Nc1ccc(O)c(O)c1. The number of hydrogen-bond donors (Lipinski definition) is 6. The quantitative estimate of drug-likeness (QED) is 0.350. The van der Waals surface area contributed by atoms with Crippen LogP contribution in [0.15, 0.2) is 36.4 Å². The van der Waals surface area contributed by atoms with Gasteiger partial charge >= 0.3 is 0 Å². The van der Waals surface area contributed by atoms with E-state index in [1.807, 2.05) is 0 Å². The average molecular weight is 346 g/mol. The van der Waals surface area contributed by atoms with Crippen molar-refractivity contribution in [2.75, 3.05) is 10.6 Å². The summed E-state index contributed by atoms with van der Waals surface area (Å²) in [5, 5.41) is 42.2. The Labute approximate surface area is 143 Å². The molecule has 0 aliphatic rings. The molecular weight excluding hydrogens is 328 g/mol. The Kier molecular flexibility index (Phi) is 5.67. The zero-order valence-electron chi connectivity index (χ0n) is 13.2. The molecule has 132 valence electrons. The summed E-state index contributed by atoms with van der Waals surface area (Å²) in [6.45, 7) is 0. The van der Waals surface area contributed by atoms with E-state index in [0.717, 1.165) is 0 Å². The van der Waals surface area contributed by atoms with Crippen LogP contribution in [-0.4, -0.2) is 32.2 Å². The molecule has 6 N–H and O–H groups in total. The van der Waals surface area contributed by atoms with Gasteiger partial charge in [0.1, 0.15) is 0 Å². The van der Waals surface area contributed by atoms with Crippen molar-refractivity contribution in [3.05, 3.63) is 36.4 Å². The van der Waals surface area contributed by atoms with E-state index in [1.165, 1.54) is 36.4 Å². The number of aromatic hydroxyl groups is 4. The molecule has 25 heavy (non-hydrogen) atoms. The summed E-state index contributed by atoms with van der Waals surface area (Å²) in [5.41, 5.74) is 0.675. The Hall–Kier alpha value is -3.42. The molecule has 0 fully saturated rings. The molecule has 2 rings (SSSR count). The molecule has 0 heterocycles. The summed E-state index contributed by atoms with van der Waals surface area (Å²) in [6, 6.07) is 7.83. The third kappa shape index (κ3) is 5.31. The molecule has 0 saturated heterocycles. The first-order valence-electron chi connectivity index (χ1n) is 7.49. The summed E-state index contributed by atoms with van der Waals surface area (Å²) in [7, 11) is 0. The third-order valence-corrected chi connectivity index (χ3v) is 3.33. The molecule has 0 unspecified atom stereocenters. The molecular formula is C17H18N2O6. The Bertz CT molecular complexity index is 725. The van der Waals surface area contributed by atoms with Gasteiger partial charge in [-0.3, -0.25) is 9.59 Å². The van der Waals surface area contributed by atoms with E-state index < -0.39 is 0 Å². The zero-order valence-corrected chi connectivity index (χ0v) is 13.2. The van der Waals surface area contributed by atoms with Gasteiger partial charge in [-0.2, -0.15) is 0 Å². The van der Waals surface area contributed by atoms with Gasteiger partial charge in [-0.15, -0.1) is 0 Å². The first-order chi connectivity index (χ1) is 11.8. The van der Waals surface area contributed by atoms with Crippen LogP contribution < -0.4 is 10.6 Å². The Balaban J connectivity index is 1.75. The van der Waals surface area contributed by atoms with Gasteiger partial charge in [0.05, 0.1) is 0 Å². The van der Waals surface area contributed by atoms with Crippen molar-refractivity contribution >= 4 is 23.2 Å². The molecule has 0 saturated carbocycles. The van der Waals surface area contributed by atoms with E-state index in [2.05, 4.69) is 10.6 Å². The molecule has 0 aliphatic heterocycles. The molecule has 0 atom stereocenters. The molecule has 2 aromatic carbocycles. The summed E-state index contributed by atoms with van der Waals surface area (Å²) < 4.78 is 0. The van der Waals surface area contributed by atoms with Crippen molar-refractivity contribution < 1.29 is 30.0 Å². The van der Waals surface area contributed by atoms with Gasteiger partial charge in [-0.1, -0.05) is 0 Å². The van der Waals surface area contributed by atoms with Gasteiger partial charge in [0, 0.05) is 36.3 Å². The normalized spacial score (nSPS) is 10.2. The number of rotatable bonds is 6. The van der Waals surface area contributed by atoms with E-state index >= 15 is 0 Å². The number of phenolic OH excluding ortho intramolecular Hbond substituents is 4. The minimum absolute atomic E-state index is 0.0931.